The number of nitrogen functional groups attached to an aromatic ring is 1. The Bertz CT molecular complexity index is 362. The van der Waals surface area contributed by atoms with Crippen LogP contribution in [0.25, 0.3) is 0 Å². The highest BCUT2D eigenvalue weighted by Crippen LogP contribution is 2.33. The van der Waals surface area contributed by atoms with Gasteiger partial charge in [-0.3, -0.25) is 0 Å². The molecule has 1 aliphatic rings. The van der Waals surface area contributed by atoms with Crippen molar-refractivity contribution in [2.45, 2.75) is 51.2 Å². The van der Waals surface area contributed by atoms with Gasteiger partial charge in [-0.1, -0.05) is 25.2 Å². The Morgan fingerprint density at radius 1 is 1.59 bits per heavy atom. The van der Waals surface area contributed by atoms with Crippen LogP contribution in [0.2, 0.25) is 0 Å². The van der Waals surface area contributed by atoms with Gasteiger partial charge in [-0.05, 0) is 25.7 Å². The summed E-state index contributed by atoms with van der Waals surface area (Å²) in [6.07, 6.45) is 5.95. The van der Waals surface area contributed by atoms with Gasteiger partial charge < -0.3 is 15.8 Å². The van der Waals surface area contributed by atoms with E-state index in [0.29, 0.717) is 6.04 Å². The Morgan fingerprint density at radius 3 is 2.94 bits per heavy atom. The van der Waals surface area contributed by atoms with Crippen molar-refractivity contribution in [2.75, 3.05) is 17.7 Å². The topological polar surface area (TPSA) is 60.2 Å². The molecular weight excluding hydrogens is 234 g/mol. The van der Waals surface area contributed by atoms with E-state index in [4.69, 9.17) is 10.5 Å². The van der Waals surface area contributed by atoms with Gasteiger partial charge in [-0.2, -0.15) is 0 Å². The summed E-state index contributed by atoms with van der Waals surface area (Å²) in [5, 5.41) is 5.16. The minimum atomic E-state index is 0.0543. The van der Waals surface area contributed by atoms with Gasteiger partial charge in [0.05, 0.1) is 11.8 Å². The molecule has 0 radical (unpaired) electrons. The van der Waals surface area contributed by atoms with E-state index in [-0.39, 0.29) is 5.60 Å². The molecule has 2 rings (SSSR count). The lowest BCUT2D eigenvalue weighted by Crippen LogP contribution is -2.43. The van der Waals surface area contributed by atoms with E-state index in [1.54, 1.807) is 6.20 Å². The Kier molecular flexibility index (Phi) is 3.89. The third-order valence-corrected chi connectivity index (χ3v) is 4.39. The first-order valence-electron chi connectivity index (χ1n) is 6.29. The van der Waals surface area contributed by atoms with Crippen molar-refractivity contribution in [1.82, 2.24) is 4.98 Å². The predicted molar refractivity (Wildman–Crippen MR) is 72.4 cm³/mol. The van der Waals surface area contributed by atoms with Crippen LogP contribution in [-0.4, -0.2) is 23.2 Å². The zero-order valence-electron chi connectivity index (χ0n) is 10.5. The maximum absolute atomic E-state index is 5.96. The average molecular weight is 255 g/mol. The molecule has 0 bridgehead atoms. The third kappa shape index (κ3) is 2.90. The molecule has 2 heterocycles. The van der Waals surface area contributed by atoms with E-state index in [0.717, 1.165) is 42.4 Å². The number of nitrogens with zero attached hydrogens (tertiary/aromatic N) is 1. The molecule has 0 aliphatic carbocycles. The second-order valence-corrected chi connectivity index (χ2v) is 5.70. The van der Waals surface area contributed by atoms with Gasteiger partial charge in [0, 0.05) is 12.6 Å². The molecule has 1 aromatic rings. The maximum atomic E-state index is 5.96. The first-order valence-corrected chi connectivity index (χ1v) is 7.11. The number of anilines is 2. The molecule has 96 valence electrons. The lowest BCUT2D eigenvalue weighted by Gasteiger charge is -2.40. The third-order valence-electron chi connectivity index (χ3n) is 3.63. The van der Waals surface area contributed by atoms with E-state index in [9.17, 15) is 0 Å². The summed E-state index contributed by atoms with van der Waals surface area (Å²) in [5.74, 6) is 0. The monoisotopic (exact) mass is 255 g/mol. The summed E-state index contributed by atoms with van der Waals surface area (Å²) in [7, 11) is 0. The number of rotatable bonds is 4. The van der Waals surface area contributed by atoms with Crippen LogP contribution in [0.3, 0.4) is 0 Å². The molecule has 1 aromatic heterocycles. The number of ether oxygens (including phenoxy) is 1. The van der Waals surface area contributed by atoms with E-state index < -0.39 is 0 Å². The van der Waals surface area contributed by atoms with Crippen molar-refractivity contribution in [3.63, 3.8) is 0 Å². The maximum Gasteiger partial charge on any atom is 0.184 e. The van der Waals surface area contributed by atoms with Gasteiger partial charge in [0.15, 0.2) is 5.13 Å². The zero-order valence-corrected chi connectivity index (χ0v) is 11.3. The molecule has 3 N–H and O–H groups in total. The largest absolute Gasteiger partial charge is 0.389 e. The van der Waals surface area contributed by atoms with Crippen LogP contribution in [0, 0.1) is 0 Å². The van der Waals surface area contributed by atoms with Crippen LogP contribution in [0.4, 0.5) is 10.1 Å². The number of nitrogens with one attached hydrogen (secondary N) is 1. The smallest absolute Gasteiger partial charge is 0.184 e. The fourth-order valence-electron chi connectivity index (χ4n) is 2.42. The highest BCUT2D eigenvalue weighted by Gasteiger charge is 2.34. The number of hydrogen-bond acceptors (Lipinski definition) is 5. The molecule has 0 amide bonds. The van der Waals surface area contributed by atoms with E-state index in [1.165, 1.54) is 11.3 Å². The van der Waals surface area contributed by atoms with Crippen LogP contribution in [0.15, 0.2) is 6.20 Å². The van der Waals surface area contributed by atoms with Gasteiger partial charge in [0.1, 0.15) is 5.00 Å². The molecule has 1 aliphatic heterocycles. The Labute approximate surface area is 107 Å². The van der Waals surface area contributed by atoms with Gasteiger partial charge in [0.25, 0.3) is 0 Å². The molecule has 1 unspecified atom stereocenters. The first kappa shape index (κ1) is 12.6. The van der Waals surface area contributed by atoms with Crippen LogP contribution < -0.4 is 11.1 Å². The molecular formula is C12H21N3OS. The molecule has 1 atom stereocenters. The number of aromatic nitrogens is 1. The van der Waals surface area contributed by atoms with Crippen molar-refractivity contribution in [3.05, 3.63) is 6.20 Å². The average Bonchev–Trinajstić information content (AvgIpc) is 2.75. The fraction of sp³-hybridized carbons (Fsp3) is 0.750. The highest BCUT2D eigenvalue weighted by molar-refractivity contribution is 7.19. The SMILES string of the molecule is CCC1(CC)CC(Nc2ncc(N)s2)CCO1. The second kappa shape index (κ2) is 5.23. The van der Waals surface area contributed by atoms with Gasteiger partial charge >= 0.3 is 0 Å². The minimum Gasteiger partial charge on any atom is -0.389 e. The lowest BCUT2D eigenvalue weighted by atomic mass is 9.86. The number of thiazole rings is 1. The Hall–Kier alpha value is -0.810. The summed E-state index contributed by atoms with van der Waals surface area (Å²) < 4.78 is 5.96. The molecule has 4 nitrogen and oxygen atoms in total. The van der Waals surface area contributed by atoms with Crippen LogP contribution in [0.5, 0.6) is 0 Å². The van der Waals surface area contributed by atoms with Crippen molar-refractivity contribution < 1.29 is 4.74 Å². The van der Waals surface area contributed by atoms with Gasteiger partial charge in [-0.25, -0.2) is 4.98 Å². The standard InChI is InChI=1S/C12H21N3OS/c1-3-12(4-2)7-9(5-6-16-12)15-11-14-8-10(13)17-11/h8-9H,3-7,13H2,1-2H3,(H,14,15). The summed E-state index contributed by atoms with van der Waals surface area (Å²) in [4.78, 5) is 4.25. The molecule has 0 saturated carbocycles. The van der Waals surface area contributed by atoms with Crippen LogP contribution in [0.1, 0.15) is 39.5 Å². The summed E-state index contributed by atoms with van der Waals surface area (Å²) in [6.45, 7) is 5.24. The molecule has 1 fully saturated rings. The second-order valence-electron chi connectivity index (χ2n) is 4.64. The molecule has 5 heteroatoms. The number of nitrogens with two attached hydrogens (primary N) is 1. The van der Waals surface area contributed by atoms with Gasteiger partial charge in [-0.15, -0.1) is 0 Å². The summed E-state index contributed by atoms with van der Waals surface area (Å²) in [5.41, 5.74) is 5.73. The van der Waals surface area contributed by atoms with Crippen molar-refractivity contribution in [2.24, 2.45) is 0 Å². The fourth-order valence-corrected chi connectivity index (χ4v) is 3.08. The molecule has 1 saturated heterocycles. The van der Waals surface area contributed by atoms with E-state index in [2.05, 4.69) is 24.1 Å². The number of hydrogen-bond donors (Lipinski definition) is 2. The van der Waals surface area contributed by atoms with Gasteiger partial charge in [0.2, 0.25) is 0 Å². The quantitative estimate of drug-likeness (QED) is 0.868. The molecule has 17 heavy (non-hydrogen) atoms. The minimum absolute atomic E-state index is 0.0543. The highest BCUT2D eigenvalue weighted by atomic mass is 32.1. The van der Waals surface area contributed by atoms with Crippen LogP contribution >= 0.6 is 11.3 Å². The van der Waals surface area contributed by atoms with Crippen molar-refractivity contribution in [3.8, 4) is 0 Å². The van der Waals surface area contributed by atoms with Crippen LogP contribution in [-0.2, 0) is 4.74 Å². The normalized spacial score (nSPS) is 23.5. The lowest BCUT2D eigenvalue weighted by molar-refractivity contribution is -0.0864. The predicted octanol–water partition coefficient (Wildman–Crippen LogP) is 2.88. The van der Waals surface area contributed by atoms with E-state index >= 15 is 0 Å². The first-order chi connectivity index (χ1) is 8.17. The Balaban J connectivity index is 1.98. The van der Waals surface area contributed by atoms with E-state index in [1.807, 2.05) is 0 Å². The summed E-state index contributed by atoms with van der Waals surface area (Å²) in [6, 6.07) is 0.453. The Morgan fingerprint density at radius 2 is 2.35 bits per heavy atom. The summed E-state index contributed by atoms with van der Waals surface area (Å²) >= 11 is 1.51. The van der Waals surface area contributed by atoms with Crippen molar-refractivity contribution in [1.29, 1.82) is 0 Å². The zero-order chi connectivity index (χ0) is 12.3. The molecule has 0 spiro atoms. The van der Waals surface area contributed by atoms with Crippen molar-refractivity contribution >= 4 is 21.5 Å². The molecule has 0 aromatic carbocycles.